The van der Waals surface area contributed by atoms with Gasteiger partial charge in [-0.25, -0.2) is 4.39 Å². The minimum atomic E-state index is -0.204. The molecule has 0 aromatic heterocycles. The van der Waals surface area contributed by atoms with Gasteiger partial charge in [-0.2, -0.15) is 0 Å². The molecular formula is C17H23FN2O. The van der Waals surface area contributed by atoms with Crippen molar-refractivity contribution in [3.63, 3.8) is 0 Å². The molecule has 4 heteroatoms. The van der Waals surface area contributed by atoms with E-state index in [1.807, 2.05) is 17.0 Å². The van der Waals surface area contributed by atoms with E-state index < -0.39 is 0 Å². The highest BCUT2D eigenvalue weighted by atomic mass is 19.1. The van der Waals surface area contributed by atoms with Gasteiger partial charge in [-0.15, -0.1) is 0 Å². The standard InChI is InChI=1S/C17H23FN2O/c18-15-6-8-16(9-7-15)19-10-12-20(13-11-19)17(21)14-4-2-1-3-5-14/h6-9,14H,1-5,10-13H2. The average molecular weight is 290 g/mol. The number of hydrogen-bond acceptors (Lipinski definition) is 2. The van der Waals surface area contributed by atoms with Crippen molar-refractivity contribution in [3.05, 3.63) is 30.1 Å². The van der Waals surface area contributed by atoms with E-state index in [1.54, 1.807) is 0 Å². The van der Waals surface area contributed by atoms with Crippen molar-refractivity contribution < 1.29 is 9.18 Å². The van der Waals surface area contributed by atoms with E-state index in [-0.39, 0.29) is 11.7 Å². The van der Waals surface area contributed by atoms with E-state index in [4.69, 9.17) is 0 Å². The Bertz CT molecular complexity index is 474. The molecule has 114 valence electrons. The Morgan fingerprint density at radius 3 is 2.19 bits per heavy atom. The molecular weight excluding hydrogens is 267 g/mol. The Kier molecular flexibility index (Phi) is 4.42. The number of rotatable bonds is 2. The van der Waals surface area contributed by atoms with Gasteiger partial charge < -0.3 is 9.80 Å². The summed E-state index contributed by atoms with van der Waals surface area (Å²) in [5.41, 5.74) is 1.04. The molecule has 1 heterocycles. The molecule has 0 unspecified atom stereocenters. The fourth-order valence-electron chi connectivity index (χ4n) is 3.44. The number of piperazine rings is 1. The molecule has 0 radical (unpaired) electrons. The predicted molar refractivity (Wildman–Crippen MR) is 81.8 cm³/mol. The van der Waals surface area contributed by atoms with Gasteiger partial charge in [-0.05, 0) is 37.1 Å². The molecule has 0 bridgehead atoms. The van der Waals surface area contributed by atoms with E-state index in [1.165, 1.54) is 31.4 Å². The van der Waals surface area contributed by atoms with Gasteiger partial charge in [0.1, 0.15) is 5.82 Å². The molecule has 0 atom stereocenters. The zero-order valence-corrected chi connectivity index (χ0v) is 12.4. The molecule has 3 nitrogen and oxygen atoms in total. The molecule has 1 amide bonds. The second-order valence-electron chi connectivity index (χ2n) is 6.12. The van der Waals surface area contributed by atoms with Crippen molar-refractivity contribution in [2.75, 3.05) is 31.1 Å². The van der Waals surface area contributed by atoms with E-state index in [2.05, 4.69) is 4.90 Å². The summed E-state index contributed by atoms with van der Waals surface area (Å²) in [6.45, 7) is 3.24. The Balaban J connectivity index is 1.54. The Morgan fingerprint density at radius 1 is 0.952 bits per heavy atom. The first-order valence-electron chi connectivity index (χ1n) is 8.03. The van der Waals surface area contributed by atoms with Crippen molar-refractivity contribution >= 4 is 11.6 Å². The minimum Gasteiger partial charge on any atom is -0.368 e. The van der Waals surface area contributed by atoms with Crippen LogP contribution in [0, 0.1) is 11.7 Å². The van der Waals surface area contributed by atoms with Crippen molar-refractivity contribution in [1.29, 1.82) is 0 Å². The number of nitrogens with zero attached hydrogens (tertiary/aromatic N) is 2. The molecule has 2 fully saturated rings. The maximum Gasteiger partial charge on any atom is 0.225 e. The Morgan fingerprint density at radius 2 is 1.57 bits per heavy atom. The van der Waals surface area contributed by atoms with Crippen LogP contribution in [0.2, 0.25) is 0 Å². The molecule has 0 spiro atoms. The summed E-state index contributed by atoms with van der Waals surface area (Å²) >= 11 is 0. The molecule has 1 aliphatic heterocycles. The van der Waals surface area contributed by atoms with Crippen LogP contribution in [0.5, 0.6) is 0 Å². The van der Waals surface area contributed by atoms with E-state index in [0.29, 0.717) is 5.91 Å². The second-order valence-corrected chi connectivity index (χ2v) is 6.12. The lowest BCUT2D eigenvalue weighted by Gasteiger charge is -2.38. The normalized spacial score (nSPS) is 20.6. The monoisotopic (exact) mass is 290 g/mol. The number of carbonyl (C=O) groups is 1. The SMILES string of the molecule is O=C(C1CCCCC1)N1CCN(c2ccc(F)cc2)CC1. The quantitative estimate of drug-likeness (QED) is 0.836. The van der Waals surface area contributed by atoms with E-state index in [9.17, 15) is 9.18 Å². The molecule has 0 N–H and O–H groups in total. The van der Waals surface area contributed by atoms with E-state index in [0.717, 1.165) is 44.7 Å². The third-order valence-electron chi connectivity index (χ3n) is 4.74. The molecule has 1 aliphatic carbocycles. The van der Waals surface area contributed by atoms with E-state index >= 15 is 0 Å². The highest BCUT2D eigenvalue weighted by Crippen LogP contribution is 2.26. The lowest BCUT2D eigenvalue weighted by molar-refractivity contribution is -0.136. The number of carbonyl (C=O) groups excluding carboxylic acids is 1. The number of benzene rings is 1. The van der Waals surface area contributed by atoms with Crippen molar-refractivity contribution in [3.8, 4) is 0 Å². The summed E-state index contributed by atoms with van der Waals surface area (Å²) in [6.07, 6.45) is 5.81. The minimum absolute atomic E-state index is 0.204. The predicted octanol–water partition coefficient (Wildman–Crippen LogP) is 3.05. The average Bonchev–Trinajstić information content (AvgIpc) is 2.56. The summed E-state index contributed by atoms with van der Waals surface area (Å²) in [4.78, 5) is 16.7. The number of halogens is 1. The van der Waals surface area contributed by atoms with Crippen molar-refractivity contribution in [1.82, 2.24) is 4.90 Å². The molecule has 2 aliphatic rings. The maximum absolute atomic E-state index is 13.0. The first kappa shape index (κ1) is 14.4. The van der Waals surface area contributed by atoms with Gasteiger partial charge in [0.05, 0.1) is 0 Å². The van der Waals surface area contributed by atoms with Gasteiger partial charge >= 0.3 is 0 Å². The molecule has 1 aromatic rings. The van der Waals surface area contributed by atoms with Crippen LogP contribution in [-0.4, -0.2) is 37.0 Å². The van der Waals surface area contributed by atoms with Crippen LogP contribution in [0.15, 0.2) is 24.3 Å². The highest BCUT2D eigenvalue weighted by molar-refractivity contribution is 5.79. The maximum atomic E-state index is 13.0. The fraction of sp³-hybridized carbons (Fsp3) is 0.588. The number of amides is 1. The summed E-state index contributed by atoms with van der Waals surface area (Å²) in [6, 6.07) is 6.62. The summed E-state index contributed by atoms with van der Waals surface area (Å²) in [5.74, 6) is 0.412. The highest BCUT2D eigenvalue weighted by Gasteiger charge is 2.28. The smallest absolute Gasteiger partial charge is 0.225 e. The van der Waals surface area contributed by atoms with Crippen LogP contribution in [-0.2, 0) is 4.79 Å². The number of hydrogen-bond donors (Lipinski definition) is 0. The fourth-order valence-corrected chi connectivity index (χ4v) is 3.44. The molecule has 1 saturated carbocycles. The molecule has 21 heavy (non-hydrogen) atoms. The van der Waals surface area contributed by atoms with Crippen LogP contribution < -0.4 is 4.90 Å². The summed E-state index contributed by atoms with van der Waals surface area (Å²) in [5, 5.41) is 0. The Labute approximate surface area is 125 Å². The second kappa shape index (κ2) is 6.46. The molecule has 1 aromatic carbocycles. The van der Waals surface area contributed by atoms with Crippen LogP contribution in [0.3, 0.4) is 0 Å². The number of anilines is 1. The van der Waals surface area contributed by atoms with Gasteiger partial charge in [0.2, 0.25) is 5.91 Å². The zero-order valence-electron chi connectivity index (χ0n) is 12.4. The third-order valence-corrected chi connectivity index (χ3v) is 4.74. The first-order valence-corrected chi connectivity index (χ1v) is 8.03. The van der Waals surface area contributed by atoms with Crippen molar-refractivity contribution in [2.45, 2.75) is 32.1 Å². The lowest BCUT2D eigenvalue weighted by atomic mass is 9.88. The van der Waals surface area contributed by atoms with Gasteiger partial charge in [0.25, 0.3) is 0 Å². The van der Waals surface area contributed by atoms with Gasteiger partial charge in [-0.3, -0.25) is 4.79 Å². The van der Waals surface area contributed by atoms with Crippen LogP contribution in [0.1, 0.15) is 32.1 Å². The molecule has 1 saturated heterocycles. The van der Waals surface area contributed by atoms with Gasteiger partial charge in [0, 0.05) is 37.8 Å². The Hall–Kier alpha value is -1.58. The van der Waals surface area contributed by atoms with Crippen molar-refractivity contribution in [2.24, 2.45) is 5.92 Å². The zero-order chi connectivity index (χ0) is 14.7. The van der Waals surface area contributed by atoms with Crippen LogP contribution in [0.4, 0.5) is 10.1 Å². The summed E-state index contributed by atoms with van der Waals surface area (Å²) in [7, 11) is 0. The lowest BCUT2D eigenvalue weighted by Crippen LogP contribution is -2.50. The molecule has 3 rings (SSSR count). The van der Waals surface area contributed by atoms with Crippen LogP contribution >= 0.6 is 0 Å². The van der Waals surface area contributed by atoms with Gasteiger partial charge in [-0.1, -0.05) is 19.3 Å². The first-order chi connectivity index (χ1) is 10.2. The summed E-state index contributed by atoms with van der Waals surface area (Å²) < 4.78 is 13.0. The largest absolute Gasteiger partial charge is 0.368 e. The third kappa shape index (κ3) is 3.36. The van der Waals surface area contributed by atoms with Crippen LogP contribution in [0.25, 0.3) is 0 Å². The topological polar surface area (TPSA) is 23.6 Å². The van der Waals surface area contributed by atoms with Gasteiger partial charge in [0.15, 0.2) is 0 Å².